The Hall–Kier alpha value is -0.710. The van der Waals surface area contributed by atoms with E-state index < -0.39 is 5.60 Å². The molecule has 1 heterocycles. The van der Waals surface area contributed by atoms with Gasteiger partial charge in [-0.15, -0.1) is 0 Å². The molecule has 1 fully saturated rings. The lowest BCUT2D eigenvalue weighted by Gasteiger charge is -2.35. The van der Waals surface area contributed by atoms with E-state index in [2.05, 4.69) is 22.5 Å². The van der Waals surface area contributed by atoms with Crippen molar-refractivity contribution in [3.8, 4) is 0 Å². The fourth-order valence-electron chi connectivity index (χ4n) is 2.92. The third-order valence-electron chi connectivity index (χ3n) is 3.93. The number of nitrogens with one attached hydrogen (secondary N) is 2. The first-order valence-electron chi connectivity index (χ1n) is 7.49. The molecule has 1 aliphatic carbocycles. The van der Waals surface area contributed by atoms with Crippen molar-refractivity contribution in [1.82, 2.24) is 4.98 Å². The number of halogens is 2. The van der Waals surface area contributed by atoms with Gasteiger partial charge in [-0.25, -0.2) is 4.98 Å². The number of pyridine rings is 1. The summed E-state index contributed by atoms with van der Waals surface area (Å²) in [5, 5.41) is 17.9. The fourth-order valence-corrected chi connectivity index (χ4v) is 3.42. The maximum absolute atomic E-state index is 10.6. The Morgan fingerprint density at radius 1 is 1.33 bits per heavy atom. The van der Waals surface area contributed by atoms with Gasteiger partial charge in [-0.3, -0.25) is 0 Å². The molecule has 2 atom stereocenters. The molecule has 0 radical (unpaired) electrons. The summed E-state index contributed by atoms with van der Waals surface area (Å²) in [6, 6.07) is 1.67. The molecule has 118 valence electrons. The summed E-state index contributed by atoms with van der Waals surface area (Å²) in [5.41, 5.74) is -0.680. The normalized spacial score (nSPS) is 25.7. The molecule has 2 rings (SSSR count). The second-order valence-corrected chi connectivity index (χ2v) is 6.77. The van der Waals surface area contributed by atoms with E-state index in [1.165, 1.54) is 6.42 Å². The molecule has 2 unspecified atom stereocenters. The third kappa shape index (κ3) is 4.38. The zero-order chi connectivity index (χ0) is 15.5. The highest BCUT2D eigenvalue weighted by Gasteiger charge is 2.32. The van der Waals surface area contributed by atoms with Crippen molar-refractivity contribution in [2.45, 2.75) is 45.1 Å². The van der Waals surface area contributed by atoms with Crippen LogP contribution in [0.3, 0.4) is 0 Å². The van der Waals surface area contributed by atoms with Crippen LogP contribution in [0.2, 0.25) is 10.0 Å². The molecule has 6 heteroatoms. The van der Waals surface area contributed by atoms with Gasteiger partial charge in [0.1, 0.15) is 11.6 Å². The van der Waals surface area contributed by atoms with E-state index >= 15 is 0 Å². The summed E-state index contributed by atoms with van der Waals surface area (Å²) >= 11 is 12.3. The smallest absolute Gasteiger partial charge is 0.147 e. The molecule has 0 amide bonds. The number of hydrogen-bond donors (Lipinski definition) is 3. The van der Waals surface area contributed by atoms with Crippen LogP contribution in [0.4, 0.5) is 11.6 Å². The molecular weight excluding hydrogens is 309 g/mol. The summed E-state index contributed by atoms with van der Waals surface area (Å²) in [4.78, 5) is 4.40. The molecule has 4 nitrogen and oxygen atoms in total. The topological polar surface area (TPSA) is 57.2 Å². The minimum atomic E-state index is -0.680. The lowest BCUT2D eigenvalue weighted by atomic mass is 9.79. The molecule has 1 aliphatic rings. The number of aromatic nitrogens is 1. The van der Waals surface area contributed by atoms with Crippen LogP contribution in [0.1, 0.15) is 39.5 Å². The predicted octanol–water partition coefficient (Wildman–Crippen LogP) is 4.17. The Labute approximate surface area is 136 Å². The zero-order valence-corrected chi connectivity index (χ0v) is 14.1. The van der Waals surface area contributed by atoms with Crippen LogP contribution >= 0.6 is 23.2 Å². The average Bonchev–Trinajstić information content (AvgIpc) is 2.40. The van der Waals surface area contributed by atoms with Crippen LogP contribution in [0.25, 0.3) is 0 Å². The summed E-state index contributed by atoms with van der Waals surface area (Å²) < 4.78 is 0. The molecule has 1 aromatic heterocycles. The molecule has 0 spiro atoms. The lowest BCUT2D eigenvalue weighted by Crippen LogP contribution is -2.41. The van der Waals surface area contributed by atoms with E-state index in [9.17, 15) is 5.11 Å². The largest absolute Gasteiger partial charge is 0.388 e. The van der Waals surface area contributed by atoms with E-state index in [0.717, 1.165) is 25.8 Å². The van der Waals surface area contributed by atoms with Crippen LogP contribution in [0, 0.1) is 5.92 Å². The minimum absolute atomic E-state index is 0.456. The van der Waals surface area contributed by atoms with Gasteiger partial charge >= 0.3 is 0 Å². The van der Waals surface area contributed by atoms with Gasteiger partial charge in [0, 0.05) is 13.1 Å². The quantitative estimate of drug-likeness (QED) is 0.757. The van der Waals surface area contributed by atoms with Crippen molar-refractivity contribution in [3.05, 3.63) is 16.1 Å². The van der Waals surface area contributed by atoms with Gasteiger partial charge in [0.25, 0.3) is 0 Å². The fraction of sp³-hybridized carbons (Fsp3) is 0.667. The van der Waals surface area contributed by atoms with Crippen LogP contribution in [-0.2, 0) is 0 Å². The summed E-state index contributed by atoms with van der Waals surface area (Å²) in [6.07, 6.45) is 3.87. The Morgan fingerprint density at radius 2 is 2.00 bits per heavy atom. The third-order valence-corrected chi connectivity index (χ3v) is 4.50. The second kappa shape index (κ2) is 7.03. The minimum Gasteiger partial charge on any atom is -0.388 e. The highest BCUT2D eigenvalue weighted by Crippen LogP contribution is 2.34. The SMILES string of the molecule is CCNc1nc(NCC2(O)CCCC(C)C2)c(Cl)cc1Cl. The Bertz CT molecular complexity index is 498. The van der Waals surface area contributed by atoms with Gasteiger partial charge in [0.2, 0.25) is 0 Å². The molecule has 0 bridgehead atoms. The molecule has 21 heavy (non-hydrogen) atoms. The van der Waals surface area contributed by atoms with Crippen molar-refractivity contribution in [2.24, 2.45) is 5.92 Å². The lowest BCUT2D eigenvalue weighted by molar-refractivity contribution is -0.000821. The molecule has 3 N–H and O–H groups in total. The molecule has 0 aliphatic heterocycles. The van der Waals surface area contributed by atoms with Crippen LogP contribution in [-0.4, -0.2) is 28.8 Å². The van der Waals surface area contributed by atoms with Gasteiger partial charge in [-0.2, -0.15) is 0 Å². The Kier molecular flexibility index (Phi) is 5.58. The van der Waals surface area contributed by atoms with Crippen LogP contribution in [0.5, 0.6) is 0 Å². The van der Waals surface area contributed by atoms with Crippen molar-refractivity contribution >= 4 is 34.8 Å². The molecule has 0 aromatic carbocycles. The zero-order valence-electron chi connectivity index (χ0n) is 12.5. The number of nitrogens with zero attached hydrogens (tertiary/aromatic N) is 1. The van der Waals surface area contributed by atoms with Crippen LogP contribution in [0.15, 0.2) is 6.07 Å². The monoisotopic (exact) mass is 331 g/mol. The van der Waals surface area contributed by atoms with E-state index in [1.807, 2.05) is 6.92 Å². The first-order chi connectivity index (χ1) is 9.93. The Morgan fingerprint density at radius 3 is 2.62 bits per heavy atom. The van der Waals surface area contributed by atoms with Crippen molar-refractivity contribution < 1.29 is 5.11 Å². The number of anilines is 2. The van der Waals surface area contributed by atoms with E-state index in [1.54, 1.807) is 6.07 Å². The van der Waals surface area contributed by atoms with Gasteiger partial charge in [0.15, 0.2) is 0 Å². The first kappa shape index (κ1) is 16.7. The summed E-state index contributed by atoms with van der Waals surface area (Å²) in [5.74, 6) is 1.72. The summed E-state index contributed by atoms with van der Waals surface area (Å²) in [7, 11) is 0. The number of aliphatic hydroxyl groups is 1. The van der Waals surface area contributed by atoms with E-state index in [0.29, 0.717) is 34.1 Å². The maximum Gasteiger partial charge on any atom is 0.147 e. The maximum atomic E-state index is 10.6. The highest BCUT2D eigenvalue weighted by molar-refractivity contribution is 6.37. The highest BCUT2D eigenvalue weighted by atomic mass is 35.5. The van der Waals surface area contributed by atoms with Crippen LogP contribution < -0.4 is 10.6 Å². The standard InChI is InChI=1S/C15H23Cl2N3O/c1-3-18-13-11(16)7-12(17)14(20-13)19-9-15(21)6-4-5-10(2)8-15/h7,10,21H,3-6,8-9H2,1-2H3,(H2,18,19,20). The number of hydrogen-bond acceptors (Lipinski definition) is 4. The molecule has 1 saturated carbocycles. The predicted molar refractivity (Wildman–Crippen MR) is 89.5 cm³/mol. The van der Waals surface area contributed by atoms with E-state index in [4.69, 9.17) is 23.2 Å². The molecule has 1 aromatic rings. The van der Waals surface area contributed by atoms with E-state index in [-0.39, 0.29) is 0 Å². The van der Waals surface area contributed by atoms with Gasteiger partial charge in [-0.05, 0) is 31.7 Å². The first-order valence-corrected chi connectivity index (χ1v) is 8.25. The Balaban J connectivity index is 2.07. The average molecular weight is 332 g/mol. The molecule has 0 saturated heterocycles. The molecular formula is C15H23Cl2N3O. The van der Waals surface area contributed by atoms with Gasteiger partial charge in [-0.1, -0.05) is 43.0 Å². The van der Waals surface area contributed by atoms with Crippen molar-refractivity contribution in [3.63, 3.8) is 0 Å². The number of rotatable bonds is 5. The van der Waals surface area contributed by atoms with Crippen molar-refractivity contribution in [1.29, 1.82) is 0 Å². The van der Waals surface area contributed by atoms with Crippen molar-refractivity contribution in [2.75, 3.05) is 23.7 Å². The second-order valence-electron chi connectivity index (χ2n) is 5.96. The van der Waals surface area contributed by atoms with Gasteiger partial charge < -0.3 is 15.7 Å². The summed E-state index contributed by atoms with van der Waals surface area (Å²) in [6.45, 7) is 5.35. The van der Waals surface area contributed by atoms with Gasteiger partial charge in [0.05, 0.1) is 15.6 Å².